The molecule has 0 amide bonds. The molecule has 0 unspecified atom stereocenters. The summed E-state index contributed by atoms with van der Waals surface area (Å²) in [7, 11) is -2.41. The Kier molecular flexibility index (Phi) is 4.35. The Hall–Kier alpha value is -1.22. The quantitative estimate of drug-likeness (QED) is 0.806. The Morgan fingerprint density at radius 2 is 2.09 bits per heavy atom. The Labute approximate surface area is 139 Å². The van der Waals surface area contributed by atoms with E-state index in [-0.39, 0.29) is 41.3 Å². The number of halogens is 1. The van der Waals surface area contributed by atoms with Gasteiger partial charge in [-0.05, 0) is 18.9 Å². The zero-order valence-electron chi connectivity index (χ0n) is 12.6. The fourth-order valence-corrected chi connectivity index (χ4v) is 4.83. The van der Waals surface area contributed by atoms with Gasteiger partial charge in [0.15, 0.2) is 5.78 Å². The smallest absolute Gasteiger partial charge is 0.248 e. The maximum atomic E-state index is 12.8. The van der Waals surface area contributed by atoms with E-state index in [1.165, 1.54) is 23.7 Å². The molecule has 126 valence electrons. The minimum absolute atomic E-state index is 0.0157. The molecule has 9 heteroatoms. The summed E-state index contributed by atoms with van der Waals surface area (Å²) in [5.41, 5.74) is -0.500. The molecule has 23 heavy (non-hydrogen) atoms. The molecule has 7 nitrogen and oxygen atoms in total. The van der Waals surface area contributed by atoms with Crippen molar-refractivity contribution in [2.75, 3.05) is 26.8 Å². The van der Waals surface area contributed by atoms with Gasteiger partial charge < -0.3 is 9.47 Å². The molecular formula is C14H17ClN2O5S. The largest absolute Gasteiger partial charge is 0.480 e. The van der Waals surface area contributed by atoms with Gasteiger partial charge in [0.05, 0.1) is 17.7 Å². The lowest BCUT2D eigenvalue weighted by Crippen LogP contribution is -2.46. The van der Waals surface area contributed by atoms with Gasteiger partial charge in [0.2, 0.25) is 15.9 Å². The van der Waals surface area contributed by atoms with Crippen molar-refractivity contribution in [2.24, 2.45) is 0 Å². The van der Waals surface area contributed by atoms with Crippen LogP contribution >= 0.6 is 11.6 Å². The third-order valence-electron chi connectivity index (χ3n) is 4.29. The van der Waals surface area contributed by atoms with E-state index in [1.54, 1.807) is 0 Å². The van der Waals surface area contributed by atoms with Crippen LogP contribution in [0.15, 0.2) is 17.2 Å². The molecule has 3 heterocycles. The second-order valence-corrected chi connectivity index (χ2v) is 8.09. The summed E-state index contributed by atoms with van der Waals surface area (Å²) in [4.78, 5) is 15.3. The van der Waals surface area contributed by atoms with E-state index >= 15 is 0 Å². The summed E-state index contributed by atoms with van der Waals surface area (Å²) in [5, 5.41) is 0.225. The van der Waals surface area contributed by atoms with Gasteiger partial charge in [0, 0.05) is 25.7 Å². The van der Waals surface area contributed by atoms with Gasteiger partial charge in [-0.1, -0.05) is 11.6 Å². The maximum Gasteiger partial charge on any atom is 0.248 e. The predicted molar refractivity (Wildman–Crippen MR) is 82.1 cm³/mol. The van der Waals surface area contributed by atoms with E-state index in [0.29, 0.717) is 19.3 Å². The summed E-state index contributed by atoms with van der Waals surface area (Å²) < 4.78 is 37.6. The molecular weight excluding hydrogens is 344 g/mol. The minimum atomic E-state index is -3.77. The molecule has 2 aliphatic rings. The highest BCUT2D eigenvalue weighted by Gasteiger charge is 2.44. The first-order valence-electron chi connectivity index (χ1n) is 7.22. The van der Waals surface area contributed by atoms with E-state index in [4.69, 9.17) is 21.1 Å². The zero-order chi connectivity index (χ0) is 16.7. The summed E-state index contributed by atoms with van der Waals surface area (Å²) >= 11 is 5.87. The molecule has 0 aromatic carbocycles. The lowest BCUT2D eigenvalue weighted by Gasteiger charge is -2.37. The first-order chi connectivity index (χ1) is 10.9. The molecule has 0 bridgehead atoms. The number of pyridine rings is 1. The van der Waals surface area contributed by atoms with Gasteiger partial charge >= 0.3 is 0 Å². The molecule has 0 N–H and O–H groups in total. The number of Topliss-reactive ketones (excluding diaryl/α,β-unsaturated/α-hetero) is 1. The molecule has 1 aromatic rings. The Balaban J connectivity index is 1.82. The number of hydrogen-bond donors (Lipinski definition) is 0. The number of hydrogen-bond acceptors (Lipinski definition) is 6. The van der Waals surface area contributed by atoms with Gasteiger partial charge in [-0.15, -0.1) is 0 Å². The van der Waals surface area contributed by atoms with Crippen LogP contribution in [0, 0.1) is 0 Å². The van der Waals surface area contributed by atoms with Crippen LogP contribution in [0.4, 0.5) is 0 Å². The van der Waals surface area contributed by atoms with Crippen LogP contribution in [0.3, 0.4) is 0 Å². The van der Waals surface area contributed by atoms with Crippen molar-refractivity contribution in [3.8, 4) is 5.88 Å². The van der Waals surface area contributed by atoms with Crippen molar-refractivity contribution in [3.05, 3.63) is 17.3 Å². The van der Waals surface area contributed by atoms with E-state index in [2.05, 4.69) is 4.98 Å². The van der Waals surface area contributed by atoms with E-state index in [9.17, 15) is 13.2 Å². The van der Waals surface area contributed by atoms with E-state index < -0.39 is 15.6 Å². The lowest BCUT2D eigenvalue weighted by atomic mass is 9.89. The lowest BCUT2D eigenvalue weighted by molar-refractivity contribution is -0.117. The fraction of sp³-hybridized carbons (Fsp3) is 0.571. The SMILES string of the molecule is COc1ncc(Cl)cc1S(=O)(=O)N1CCC2(CC1)CC(=O)CO2. The number of carbonyl (C=O) groups is 1. The second kappa shape index (κ2) is 6.01. The molecule has 2 saturated heterocycles. The zero-order valence-corrected chi connectivity index (χ0v) is 14.2. The van der Waals surface area contributed by atoms with Crippen molar-refractivity contribution in [3.63, 3.8) is 0 Å². The molecule has 1 aromatic heterocycles. The number of sulfonamides is 1. The average Bonchev–Trinajstić information content (AvgIpc) is 2.88. The highest BCUT2D eigenvalue weighted by atomic mass is 35.5. The van der Waals surface area contributed by atoms with E-state index in [1.807, 2.05) is 0 Å². The Morgan fingerprint density at radius 1 is 1.39 bits per heavy atom. The van der Waals surface area contributed by atoms with Gasteiger partial charge in [0.25, 0.3) is 0 Å². The van der Waals surface area contributed by atoms with E-state index in [0.717, 1.165) is 0 Å². The molecule has 2 aliphatic heterocycles. The van der Waals surface area contributed by atoms with Crippen LogP contribution in [0.25, 0.3) is 0 Å². The number of nitrogens with zero attached hydrogens (tertiary/aromatic N) is 2. The van der Waals surface area contributed by atoms with Crippen LogP contribution in [0.5, 0.6) is 5.88 Å². The summed E-state index contributed by atoms with van der Waals surface area (Å²) in [6.45, 7) is 0.690. The number of carbonyl (C=O) groups excluding carboxylic acids is 1. The predicted octanol–water partition coefficient (Wildman–Crippen LogP) is 1.26. The summed E-state index contributed by atoms with van der Waals surface area (Å²) in [6.07, 6.45) is 2.69. The normalized spacial score (nSPS) is 21.7. The van der Waals surface area contributed by atoms with Crippen molar-refractivity contribution in [1.29, 1.82) is 0 Å². The first-order valence-corrected chi connectivity index (χ1v) is 9.03. The second-order valence-electron chi connectivity index (χ2n) is 5.75. The maximum absolute atomic E-state index is 12.8. The Morgan fingerprint density at radius 3 is 2.65 bits per heavy atom. The monoisotopic (exact) mass is 360 g/mol. The molecule has 0 aliphatic carbocycles. The minimum Gasteiger partial charge on any atom is -0.480 e. The van der Waals surface area contributed by atoms with Crippen LogP contribution in [0.2, 0.25) is 5.02 Å². The number of ketones is 1. The van der Waals surface area contributed by atoms with Crippen molar-refractivity contribution in [1.82, 2.24) is 9.29 Å². The topological polar surface area (TPSA) is 85.8 Å². The van der Waals surface area contributed by atoms with Gasteiger partial charge in [-0.3, -0.25) is 4.79 Å². The summed E-state index contributed by atoms with van der Waals surface area (Å²) in [5.74, 6) is 0.0870. The third-order valence-corrected chi connectivity index (χ3v) is 6.39. The highest BCUT2D eigenvalue weighted by Crippen LogP contribution is 2.37. The molecule has 3 rings (SSSR count). The molecule has 0 radical (unpaired) electrons. The van der Waals surface area contributed by atoms with Gasteiger partial charge in [-0.2, -0.15) is 4.31 Å². The van der Waals surface area contributed by atoms with Gasteiger partial charge in [0.1, 0.15) is 11.5 Å². The van der Waals surface area contributed by atoms with Crippen molar-refractivity contribution >= 4 is 27.4 Å². The van der Waals surface area contributed by atoms with Crippen molar-refractivity contribution in [2.45, 2.75) is 29.8 Å². The average molecular weight is 361 g/mol. The van der Waals surface area contributed by atoms with Crippen LogP contribution in [0.1, 0.15) is 19.3 Å². The summed E-state index contributed by atoms with van der Waals surface area (Å²) in [6, 6.07) is 1.34. The number of methoxy groups -OCH3 is 1. The number of piperidine rings is 1. The van der Waals surface area contributed by atoms with Crippen molar-refractivity contribution < 1.29 is 22.7 Å². The Bertz CT molecular complexity index is 729. The van der Waals surface area contributed by atoms with Crippen LogP contribution in [-0.4, -0.2) is 55.9 Å². The van der Waals surface area contributed by atoms with Crippen LogP contribution in [-0.2, 0) is 19.6 Å². The van der Waals surface area contributed by atoms with Gasteiger partial charge in [-0.25, -0.2) is 13.4 Å². The standard InChI is InChI=1S/C14H17ClN2O5S/c1-21-13-12(6-10(15)8-16-13)23(19,20)17-4-2-14(3-5-17)7-11(18)9-22-14/h6,8H,2-5,7,9H2,1H3. The number of aromatic nitrogens is 1. The first kappa shape index (κ1) is 16.6. The molecule has 1 spiro atoms. The number of ether oxygens (including phenoxy) is 2. The molecule has 0 atom stereocenters. The molecule has 0 saturated carbocycles. The fourth-order valence-electron chi connectivity index (χ4n) is 3.04. The number of rotatable bonds is 3. The molecule has 2 fully saturated rings. The highest BCUT2D eigenvalue weighted by molar-refractivity contribution is 7.89. The van der Waals surface area contributed by atoms with Crippen LogP contribution < -0.4 is 4.74 Å². The third kappa shape index (κ3) is 3.08.